The average Bonchev–Trinajstić information content (AvgIpc) is 2.97. The summed E-state index contributed by atoms with van der Waals surface area (Å²) >= 11 is 3.73. The molecular formula is C15H16S2. The molecule has 0 aliphatic heterocycles. The van der Waals surface area contributed by atoms with Gasteiger partial charge in [-0.1, -0.05) is 0 Å². The van der Waals surface area contributed by atoms with E-state index in [0.29, 0.717) is 0 Å². The molecule has 0 N–H and O–H groups in total. The van der Waals surface area contributed by atoms with Gasteiger partial charge < -0.3 is 0 Å². The Labute approximate surface area is 111 Å². The fraction of sp³-hybridized carbons (Fsp3) is 0.333. The Morgan fingerprint density at radius 3 is 1.65 bits per heavy atom. The Bertz CT molecular complexity index is 519. The van der Waals surface area contributed by atoms with E-state index in [1.54, 1.807) is 11.1 Å². The smallest absolute Gasteiger partial charge is 0.00894 e. The van der Waals surface area contributed by atoms with Crippen LogP contribution in [-0.2, 0) is 0 Å². The molecule has 1 aliphatic carbocycles. The molecule has 0 radical (unpaired) electrons. The Kier molecular flexibility index (Phi) is 2.93. The topological polar surface area (TPSA) is 0 Å². The zero-order valence-corrected chi connectivity index (χ0v) is 11.9. The fourth-order valence-electron chi connectivity index (χ4n) is 2.73. The summed E-state index contributed by atoms with van der Waals surface area (Å²) in [5.74, 6) is 0. The molecule has 2 heterocycles. The van der Waals surface area contributed by atoms with Crippen molar-refractivity contribution >= 4 is 33.8 Å². The van der Waals surface area contributed by atoms with Crippen molar-refractivity contribution in [2.24, 2.45) is 0 Å². The zero-order chi connectivity index (χ0) is 11.8. The van der Waals surface area contributed by atoms with Gasteiger partial charge in [-0.25, -0.2) is 0 Å². The molecule has 2 aromatic rings. The van der Waals surface area contributed by atoms with Crippen LogP contribution in [0.4, 0.5) is 0 Å². The quantitative estimate of drug-likeness (QED) is 0.667. The van der Waals surface area contributed by atoms with E-state index in [1.165, 1.54) is 40.1 Å². The lowest BCUT2D eigenvalue weighted by atomic mass is 9.98. The lowest BCUT2D eigenvalue weighted by Gasteiger charge is -2.07. The van der Waals surface area contributed by atoms with Crippen molar-refractivity contribution in [3.8, 4) is 0 Å². The van der Waals surface area contributed by atoms with Crippen molar-refractivity contribution in [1.82, 2.24) is 0 Å². The predicted octanol–water partition coefficient (Wildman–Crippen LogP) is 5.52. The fourth-order valence-corrected chi connectivity index (χ4v) is 4.19. The van der Waals surface area contributed by atoms with Crippen LogP contribution in [0.5, 0.6) is 0 Å². The van der Waals surface area contributed by atoms with Gasteiger partial charge in [-0.3, -0.25) is 0 Å². The Morgan fingerprint density at radius 2 is 1.29 bits per heavy atom. The zero-order valence-electron chi connectivity index (χ0n) is 10.2. The highest BCUT2D eigenvalue weighted by molar-refractivity contribution is 7.10. The summed E-state index contributed by atoms with van der Waals surface area (Å²) in [7, 11) is 0. The molecular weight excluding hydrogens is 244 g/mol. The van der Waals surface area contributed by atoms with E-state index in [0.717, 1.165) is 0 Å². The first-order valence-corrected chi connectivity index (χ1v) is 7.84. The third-order valence-corrected chi connectivity index (χ3v) is 5.28. The van der Waals surface area contributed by atoms with Crippen molar-refractivity contribution < 1.29 is 0 Å². The molecule has 1 aliphatic rings. The molecule has 88 valence electrons. The van der Waals surface area contributed by atoms with Crippen LogP contribution in [0.25, 0.3) is 11.1 Å². The van der Waals surface area contributed by atoms with Gasteiger partial charge in [-0.15, -0.1) is 22.7 Å². The first kappa shape index (κ1) is 11.2. The van der Waals surface area contributed by atoms with Crippen LogP contribution >= 0.6 is 22.7 Å². The van der Waals surface area contributed by atoms with Crippen molar-refractivity contribution in [3.05, 3.63) is 43.8 Å². The van der Waals surface area contributed by atoms with Crippen LogP contribution in [0, 0.1) is 13.8 Å². The van der Waals surface area contributed by atoms with Crippen molar-refractivity contribution in [2.75, 3.05) is 0 Å². The summed E-state index contributed by atoms with van der Waals surface area (Å²) in [4.78, 5) is 2.93. The van der Waals surface area contributed by atoms with E-state index in [4.69, 9.17) is 0 Å². The number of rotatable bonds is 2. The van der Waals surface area contributed by atoms with E-state index in [2.05, 4.69) is 36.7 Å². The predicted molar refractivity (Wildman–Crippen MR) is 78.8 cm³/mol. The maximum Gasteiger partial charge on any atom is 0.00894 e. The summed E-state index contributed by atoms with van der Waals surface area (Å²) in [5, 5.41) is 4.43. The first-order chi connectivity index (χ1) is 8.27. The molecule has 0 amide bonds. The molecule has 0 atom stereocenters. The summed E-state index contributed by atoms with van der Waals surface area (Å²) in [6.07, 6.45) is 3.82. The van der Waals surface area contributed by atoms with E-state index < -0.39 is 0 Å². The van der Waals surface area contributed by atoms with E-state index >= 15 is 0 Å². The number of hydrogen-bond donors (Lipinski definition) is 0. The number of allylic oxidation sites excluding steroid dienone is 2. The van der Waals surface area contributed by atoms with Crippen molar-refractivity contribution in [1.29, 1.82) is 0 Å². The summed E-state index contributed by atoms with van der Waals surface area (Å²) < 4.78 is 0. The van der Waals surface area contributed by atoms with Crippen LogP contribution in [0.15, 0.2) is 22.9 Å². The van der Waals surface area contributed by atoms with Crippen LogP contribution in [0.1, 0.15) is 40.1 Å². The Morgan fingerprint density at radius 1 is 0.824 bits per heavy atom. The van der Waals surface area contributed by atoms with E-state index in [9.17, 15) is 0 Å². The molecule has 0 spiro atoms. The summed E-state index contributed by atoms with van der Waals surface area (Å²) in [6.45, 7) is 4.48. The number of thiophene rings is 2. The van der Waals surface area contributed by atoms with Gasteiger partial charge in [0.05, 0.1) is 0 Å². The third-order valence-electron chi connectivity index (χ3n) is 3.59. The number of aryl methyl sites for hydroxylation is 2. The highest BCUT2D eigenvalue weighted by atomic mass is 32.1. The van der Waals surface area contributed by atoms with Gasteiger partial charge in [0, 0.05) is 9.75 Å². The molecule has 0 saturated heterocycles. The number of hydrogen-bond acceptors (Lipinski definition) is 2. The second-order valence-electron chi connectivity index (χ2n) is 4.59. The molecule has 2 heteroatoms. The lowest BCUT2D eigenvalue weighted by molar-refractivity contribution is 0.941. The second kappa shape index (κ2) is 4.43. The van der Waals surface area contributed by atoms with Gasteiger partial charge >= 0.3 is 0 Å². The normalized spacial score (nSPS) is 15.9. The SMILES string of the molecule is Cc1sccc1C1=C(c2ccsc2C)CCC1. The third kappa shape index (κ3) is 1.90. The molecule has 3 rings (SSSR count). The van der Waals surface area contributed by atoms with Crippen LogP contribution in [0.2, 0.25) is 0 Å². The molecule has 17 heavy (non-hydrogen) atoms. The van der Waals surface area contributed by atoms with Gasteiger partial charge in [-0.2, -0.15) is 0 Å². The maximum absolute atomic E-state index is 2.29. The summed E-state index contributed by atoms with van der Waals surface area (Å²) in [5.41, 5.74) is 6.19. The van der Waals surface area contributed by atoms with Gasteiger partial charge in [0.2, 0.25) is 0 Å². The van der Waals surface area contributed by atoms with Gasteiger partial charge in [0.15, 0.2) is 0 Å². The van der Waals surface area contributed by atoms with Gasteiger partial charge in [0.25, 0.3) is 0 Å². The highest BCUT2D eigenvalue weighted by Crippen LogP contribution is 2.43. The van der Waals surface area contributed by atoms with Crippen LogP contribution in [-0.4, -0.2) is 0 Å². The Balaban J connectivity index is 2.14. The van der Waals surface area contributed by atoms with Crippen molar-refractivity contribution in [3.63, 3.8) is 0 Å². The monoisotopic (exact) mass is 260 g/mol. The van der Waals surface area contributed by atoms with Crippen molar-refractivity contribution in [2.45, 2.75) is 33.1 Å². The van der Waals surface area contributed by atoms with Gasteiger partial charge in [0.1, 0.15) is 0 Å². The maximum atomic E-state index is 2.29. The van der Waals surface area contributed by atoms with E-state index in [1.807, 2.05) is 22.7 Å². The molecule has 0 nitrogen and oxygen atoms in total. The minimum atomic E-state index is 1.25. The largest absolute Gasteiger partial charge is 0.149 e. The van der Waals surface area contributed by atoms with Crippen LogP contribution in [0.3, 0.4) is 0 Å². The molecule has 0 bridgehead atoms. The molecule has 0 fully saturated rings. The molecule has 2 aromatic heterocycles. The first-order valence-electron chi connectivity index (χ1n) is 6.08. The highest BCUT2D eigenvalue weighted by Gasteiger charge is 2.20. The lowest BCUT2D eigenvalue weighted by Crippen LogP contribution is -1.86. The summed E-state index contributed by atoms with van der Waals surface area (Å²) in [6, 6.07) is 4.59. The average molecular weight is 260 g/mol. The molecule has 0 saturated carbocycles. The molecule has 0 aromatic carbocycles. The minimum Gasteiger partial charge on any atom is -0.149 e. The van der Waals surface area contributed by atoms with Gasteiger partial charge in [-0.05, 0) is 78.3 Å². The minimum absolute atomic E-state index is 1.25. The standard InChI is InChI=1S/C15H16S2/c1-10-12(6-8-16-10)14-4-3-5-15(14)13-7-9-17-11(13)2/h6-9H,3-5H2,1-2H3. The van der Waals surface area contributed by atoms with E-state index in [-0.39, 0.29) is 0 Å². The Hall–Kier alpha value is -0.860. The molecule has 0 unspecified atom stereocenters. The van der Waals surface area contributed by atoms with Crippen LogP contribution < -0.4 is 0 Å². The second-order valence-corrected chi connectivity index (χ2v) is 6.83.